The normalized spacial score (nSPS) is 10.3. The van der Waals surface area contributed by atoms with Gasteiger partial charge in [-0.2, -0.15) is 8.42 Å². The summed E-state index contributed by atoms with van der Waals surface area (Å²) in [6.45, 7) is 0.696. The van der Waals surface area contributed by atoms with Crippen molar-refractivity contribution in [2.45, 2.75) is 0 Å². The summed E-state index contributed by atoms with van der Waals surface area (Å²) in [4.78, 5) is 0. The van der Waals surface area contributed by atoms with Crippen LogP contribution in [0.5, 0.6) is 0 Å². The fraction of sp³-hybridized carbons (Fsp3) is 1.00. The van der Waals surface area contributed by atoms with Crippen molar-refractivity contribution in [3.63, 3.8) is 0 Å². The molecule has 0 rings (SSSR count). The average Bonchev–Trinajstić information content (AvgIpc) is 1.85. The van der Waals surface area contributed by atoms with E-state index in [9.17, 15) is 0 Å². The minimum absolute atomic E-state index is 0.0278. The van der Waals surface area contributed by atoms with Crippen LogP contribution in [-0.4, -0.2) is 54.2 Å². The lowest BCUT2D eigenvalue weighted by Crippen LogP contribution is -2.03. The van der Waals surface area contributed by atoms with E-state index in [1.807, 2.05) is 0 Å². The second-order valence-electron chi connectivity index (χ2n) is 1.51. The van der Waals surface area contributed by atoms with E-state index < -0.39 is 10.4 Å². The molecule has 0 aromatic carbocycles. The van der Waals surface area contributed by atoms with Gasteiger partial charge in [0.2, 0.25) is 0 Å². The number of hydrogen-bond donors (Lipinski definition) is 4. The summed E-state index contributed by atoms with van der Waals surface area (Å²) in [5.41, 5.74) is 0. The molecule has 0 aliphatic rings. The first-order chi connectivity index (χ1) is 5.41. The van der Waals surface area contributed by atoms with E-state index in [2.05, 4.69) is 4.74 Å². The van der Waals surface area contributed by atoms with Crippen LogP contribution in [0, 0.1) is 0 Å². The molecule has 12 heavy (non-hydrogen) atoms. The fourth-order valence-electron chi connectivity index (χ4n) is 0.231. The molecule has 0 aromatic heterocycles. The summed E-state index contributed by atoms with van der Waals surface area (Å²) in [7, 11) is -4.67. The summed E-state index contributed by atoms with van der Waals surface area (Å²) < 4.78 is 36.2. The molecule has 0 aromatic rings. The topological polar surface area (TPSA) is 124 Å². The summed E-state index contributed by atoms with van der Waals surface area (Å²) in [6, 6.07) is 0. The second kappa shape index (κ2) is 8.84. The Hall–Kier alpha value is -0.250. The Balaban J connectivity index is 0. The minimum atomic E-state index is -4.67. The predicted octanol–water partition coefficient (Wildman–Crippen LogP) is -1.67. The van der Waals surface area contributed by atoms with Gasteiger partial charge < -0.3 is 14.9 Å². The van der Waals surface area contributed by atoms with Crippen LogP contribution in [0.1, 0.15) is 0 Å². The molecular weight excluding hydrogens is 192 g/mol. The van der Waals surface area contributed by atoms with E-state index in [1.165, 1.54) is 0 Å². The molecule has 0 aliphatic heterocycles. The van der Waals surface area contributed by atoms with Crippen LogP contribution >= 0.6 is 0 Å². The number of aliphatic hydroxyl groups is 2. The molecule has 0 radical (unpaired) electrons. The number of hydrogen-bond acceptors (Lipinski definition) is 5. The zero-order chi connectivity index (χ0) is 10.0. The van der Waals surface area contributed by atoms with Gasteiger partial charge in [-0.3, -0.25) is 9.11 Å². The molecule has 0 amide bonds. The molecule has 4 N–H and O–H groups in total. The van der Waals surface area contributed by atoms with Crippen molar-refractivity contribution in [1.29, 1.82) is 0 Å². The van der Waals surface area contributed by atoms with E-state index in [4.69, 9.17) is 27.7 Å². The third-order valence-corrected chi connectivity index (χ3v) is 0.471. The van der Waals surface area contributed by atoms with Gasteiger partial charge in [-0.05, 0) is 0 Å². The predicted molar refractivity (Wildman–Crippen MR) is 39.2 cm³/mol. The van der Waals surface area contributed by atoms with Crippen LogP contribution in [0.3, 0.4) is 0 Å². The van der Waals surface area contributed by atoms with Gasteiger partial charge in [-0.25, -0.2) is 0 Å². The minimum Gasteiger partial charge on any atom is -0.394 e. The highest BCUT2D eigenvalue weighted by Crippen LogP contribution is 1.68. The van der Waals surface area contributed by atoms with Crippen molar-refractivity contribution in [3.05, 3.63) is 0 Å². The lowest BCUT2D eigenvalue weighted by Gasteiger charge is -1.94. The van der Waals surface area contributed by atoms with Crippen molar-refractivity contribution in [2.24, 2.45) is 0 Å². The van der Waals surface area contributed by atoms with Crippen molar-refractivity contribution in [3.8, 4) is 0 Å². The molecule has 0 spiro atoms. The van der Waals surface area contributed by atoms with Crippen LogP contribution in [0.2, 0.25) is 0 Å². The first-order valence-electron chi connectivity index (χ1n) is 2.91. The van der Waals surface area contributed by atoms with E-state index in [0.29, 0.717) is 13.2 Å². The van der Waals surface area contributed by atoms with Gasteiger partial charge in [0.25, 0.3) is 0 Å². The molecule has 0 atom stereocenters. The highest BCUT2D eigenvalue weighted by molar-refractivity contribution is 7.79. The van der Waals surface area contributed by atoms with Crippen LogP contribution in [0.25, 0.3) is 0 Å². The van der Waals surface area contributed by atoms with Gasteiger partial charge in [0.15, 0.2) is 0 Å². The smallest absolute Gasteiger partial charge is 0.394 e. The zero-order valence-corrected chi connectivity index (χ0v) is 7.07. The summed E-state index contributed by atoms with van der Waals surface area (Å²) in [5.74, 6) is 0. The largest absolute Gasteiger partial charge is 0.394 e. The van der Waals surface area contributed by atoms with E-state index in [-0.39, 0.29) is 13.2 Å². The van der Waals surface area contributed by atoms with Crippen molar-refractivity contribution >= 4 is 10.4 Å². The molecule has 0 heterocycles. The van der Waals surface area contributed by atoms with Crippen molar-refractivity contribution in [1.82, 2.24) is 0 Å². The molecule has 0 aliphatic carbocycles. The Kier molecular flexibility index (Phi) is 10.5. The first-order valence-corrected chi connectivity index (χ1v) is 4.31. The van der Waals surface area contributed by atoms with Crippen LogP contribution in [-0.2, 0) is 15.1 Å². The fourth-order valence-corrected chi connectivity index (χ4v) is 0.231. The van der Waals surface area contributed by atoms with Gasteiger partial charge in [0, 0.05) is 0 Å². The standard InChI is InChI=1S/C4H10O3.H2O4S/c5-1-3-7-4-2-6;1-5(2,3)4/h5-6H,1-4H2;(H2,1,2,3,4). The second-order valence-corrected chi connectivity index (χ2v) is 2.40. The third-order valence-electron chi connectivity index (χ3n) is 0.471. The summed E-state index contributed by atoms with van der Waals surface area (Å²) in [5, 5.41) is 16.2. The summed E-state index contributed by atoms with van der Waals surface area (Å²) >= 11 is 0. The third kappa shape index (κ3) is 53.1. The maximum Gasteiger partial charge on any atom is 0.394 e. The van der Waals surface area contributed by atoms with E-state index in [1.54, 1.807) is 0 Å². The molecule has 0 saturated heterocycles. The average molecular weight is 204 g/mol. The molecule has 7 nitrogen and oxygen atoms in total. The van der Waals surface area contributed by atoms with Crippen LogP contribution in [0.4, 0.5) is 0 Å². The van der Waals surface area contributed by atoms with Gasteiger partial charge >= 0.3 is 10.4 Å². The number of aliphatic hydroxyl groups excluding tert-OH is 2. The molecule has 76 valence electrons. The molecule has 8 heteroatoms. The quantitative estimate of drug-likeness (QED) is 0.319. The van der Waals surface area contributed by atoms with Gasteiger partial charge in [-0.15, -0.1) is 0 Å². The van der Waals surface area contributed by atoms with Crippen molar-refractivity contribution < 1.29 is 32.5 Å². The number of ether oxygens (including phenoxy) is 1. The lowest BCUT2D eigenvalue weighted by molar-refractivity contribution is 0.0650. The Bertz CT molecular complexity index is 150. The molecule has 0 bridgehead atoms. The van der Waals surface area contributed by atoms with Crippen molar-refractivity contribution in [2.75, 3.05) is 26.4 Å². The monoisotopic (exact) mass is 204 g/mol. The lowest BCUT2D eigenvalue weighted by atomic mass is 10.7. The highest BCUT2D eigenvalue weighted by Gasteiger charge is 1.84. The number of rotatable bonds is 4. The molecule has 0 fully saturated rings. The van der Waals surface area contributed by atoms with Crippen LogP contribution in [0.15, 0.2) is 0 Å². The van der Waals surface area contributed by atoms with Crippen LogP contribution < -0.4 is 0 Å². The Morgan fingerprint density at radius 2 is 1.25 bits per heavy atom. The Morgan fingerprint density at radius 1 is 1.00 bits per heavy atom. The maximum absolute atomic E-state index is 8.74. The zero-order valence-electron chi connectivity index (χ0n) is 6.25. The Labute approximate surface area is 70.2 Å². The SMILES string of the molecule is O=S(=O)(O)O.OCCOCCO. The maximum atomic E-state index is 8.74. The van der Waals surface area contributed by atoms with Gasteiger partial charge in [0.05, 0.1) is 26.4 Å². The Morgan fingerprint density at radius 3 is 1.42 bits per heavy atom. The molecule has 0 saturated carbocycles. The first kappa shape index (κ1) is 14.3. The van der Waals surface area contributed by atoms with Gasteiger partial charge in [-0.1, -0.05) is 0 Å². The summed E-state index contributed by atoms with van der Waals surface area (Å²) in [6.07, 6.45) is 0. The van der Waals surface area contributed by atoms with E-state index in [0.717, 1.165) is 0 Å². The van der Waals surface area contributed by atoms with E-state index >= 15 is 0 Å². The molecule has 0 unspecified atom stereocenters. The molecular formula is C4H12O7S. The van der Waals surface area contributed by atoms with Gasteiger partial charge in [0.1, 0.15) is 0 Å². The highest BCUT2D eigenvalue weighted by atomic mass is 32.3.